The first-order valence-electron chi connectivity index (χ1n) is 7.55. The standard InChI is InChI=1S/C15H23N3O4S/c1-22-10-12-5-4-6-13(9-12)17-15(19)18-8-3-2-7-14(18)11-23(16,20)21/h4-6,9,14H,2-3,7-8,10-11H2,1H3,(H,17,19)(H2,16,20,21)/t14-/m0/s1. The minimum atomic E-state index is -3.62. The van der Waals surface area contributed by atoms with Gasteiger partial charge in [-0.1, -0.05) is 12.1 Å². The third-order valence-corrected chi connectivity index (χ3v) is 4.65. The summed E-state index contributed by atoms with van der Waals surface area (Å²) in [4.78, 5) is 14.0. The molecule has 1 aliphatic rings. The van der Waals surface area contributed by atoms with E-state index in [0.717, 1.165) is 18.4 Å². The minimum absolute atomic E-state index is 0.204. The molecule has 23 heavy (non-hydrogen) atoms. The van der Waals surface area contributed by atoms with Crippen LogP contribution in [0.2, 0.25) is 0 Å². The van der Waals surface area contributed by atoms with Crippen LogP contribution in [0.1, 0.15) is 24.8 Å². The predicted octanol–water partition coefficient (Wildman–Crippen LogP) is 1.51. The van der Waals surface area contributed by atoms with E-state index < -0.39 is 10.0 Å². The quantitative estimate of drug-likeness (QED) is 0.847. The number of anilines is 1. The van der Waals surface area contributed by atoms with Crippen LogP contribution in [0.15, 0.2) is 24.3 Å². The van der Waals surface area contributed by atoms with E-state index in [1.807, 2.05) is 18.2 Å². The van der Waals surface area contributed by atoms with Gasteiger partial charge in [-0.25, -0.2) is 18.4 Å². The first kappa shape index (κ1) is 17.7. The van der Waals surface area contributed by atoms with Gasteiger partial charge < -0.3 is 15.0 Å². The Hall–Kier alpha value is -1.64. The average Bonchev–Trinajstić information content (AvgIpc) is 2.47. The first-order chi connectivity index (χ1) is 10.9. The van der Waals surface area contributed by atoms with Crippen LogP contribution in [0.25, 0.3) is 0 Å². The summed E-state index contributed by atoms with van der Waals surface area (Å²) in [6.07, 6.45) is 2.40. The molecule has 128 valence electrons. The van der Waals surface area contributed by atoms with Gasteiger partial charge in [0.2, 0.25) is 10.0 Å². The molecule has 1 saturated heterocycles. The van der Waals surface area contributed by atoms with E-state index in [0.29, 0.717) is 25.3 Å². The van der Waals surface area contributed by atoms with Crippen molar-refractivity contribution in [2.24, 2.45) is 5.14 Å². The number of hydrogen-bond donors (Lipinski definition) is 2. The van der Waals surface area contributed by atoms with Gasteiger partial charge in [0.1, 0.15) is 0 Å². The SMILES string of the molecule is COCc1cccc(NC(=O)N2CCCC[C@H]2CS(N)(=O)=O)c1. The molecular formula is C15H23N3O4S. The summed E-state index contributed by atoms with van der Waals surface area (Å²) in [5.41, 5.74) is 1.61. The molecule has 7 nitrogen and oxygen atoms in total. The van der Waals surface area contributed by atoms with Crippen molar-refractivity contribution < 1.29 is 17.9 Å². The van der Waals surface area contributed by atoms with Crippen molar-refractivity contribution in [2.45, 2.75) is 31.9 Å². The zero-order chi connectivity index (χ0) is 16.9. The number of likely N-dealkylation sites (tertiary alicyclic amines) is 1. The van der Waals surface area contributed by atoms with Crippen LogP contribution in [-0.4, -0.2) is 44.8 Å². The Bertz CT molecular complexity index is 648. The lowest BCUT2D eigenvalue weighted by Crippen LogP contribution is -2.49. The molecule has 1 aliphatic heterocycles. The van der Waals surface area contributed by atoms with Gasteiger partial charge in [0.15, 0.2) is 0 Å². The van der Waals surface area contributed by atoms with Crippen molar-refractivity contribution in [3.05, 3.63) is 29.8 Å². The number of nitrogens with two attached hydrogens (primary N) is 1. The second-order valence-corrected chi connectivity index (χ2v) is 7.40. The zero-order valence-electron chi connectivity index (χ0n) is 13.2. The fourth-order valence-corrected chi connectivity index (χ4v) is 3.69. The monoisotopic (exact) mass is 341 g/mol. The fraction of sp³-hybridized carbons (Fsp3) is 0.533. The van der Waals surface area contributed by atoms with Gasteiger partial charge in [0, 0.05) is 25.4 Å². The molecule has 8 heteroatoms. The average molecular weight is 341 g/mol. The first-order valence-corrected chi connectivity index (χ1v) is 9.26. The highest BCUT2D eigenvalue weighted by molar-refractivity contribution is 7.89. The third-order valence-electron chi connectivity index (χ3n) is 3.80. The van der Waals surface area contributed by atoms with E-state index in [2.05, 4.69) is 5.32 Å². The van der Waals surface area contributed by atoms with Gasteiger partial charge in [-0.05, 0) is 37.0 Å². The summed E-state index contributed by atoms with van der Waals surface area (Å²) in [6, 6.07) is 6.69. The molecule has 1 atom stereocenters. The Morgan fingerprint density at radius 1 is 1.43 bits per heavy atom. The predicted molar refractivity (Wildman–Crippen MR) is 88.5 cm³/mol. The lowest BCUT2D eigenvalue weighted by atomic mass is 10.0. The molecule has 0 spiro atoms. The molecule has 2 rings (SSSR count). The van der Waals surface area contributed by atoms with Crippen LogP contribution in [0.5, 0.6) is 0 Å². The molecule has 1 aromatic carbocycles. The van der Waals surface area contributed by atoms with E-state index in [-0.39, 0.29) is 17.8 Å². The molecule has 3 N–H and O–H groups in total. The summed E-state index contributed by atoms with van der Waals surface area (Å²) in [5, 5.41) is 7.96. The third kappa shape index (κ3) is 5.49. The van der Waals surface area contributed by atoms with Gasteiger partial charge >= 0.3 is 6.03 Å². The summed E-state index contributed by atoms with van der Waals surface area (Å²) in [7, 11) is -2.01. The minimum Gasteiger partial charge on any atom is -0.380 e. The maximum atomic E-state index is 12.5. The molecule has 0 aliphatic carbocycles. The fourth-order valence-electron chi connectivity index (χ4n) is 2.81. The van der Waals surface area contributed by atoms with Gasteiger partial charge in [-0.2, -0.15) is 0 Å². The van der Waals surface area contributed by atoms with Crippen LogP contribution in [0, 0.1) is 0 Å². The van der Waals surface area contributed by atoms with E-state index >= 15 is 0 Å². The van der Waals surface area contributed by atoms with Crippen molar-refractivity contribution in [2.75, 3.05) is 24.7 Å². The number of ether oxygens (including phenoxy) is 1. The van der Waals surface area contributed by atoms with E-state index in [1.54, 1.807) is 18.1 Å². The summed E-state index contributed by atoms with van der Waals surface area (Å²) in [6.45, 7) is 0.991. The van der Waals surface area contributed by atoms with E-state index in [4.69, 9.17) is 9.88 Å². The Morgan fingerprint density at radius 3 is 2.91 bits per heavy atom. The van der Waals surface area contributed by atoms with Crippen LogP contribution in [0.4, 0.5) is 10.5 Å². The number of nitrogens with zero attached hydrogens (tertiary/aromatic N) is 1. The molecule has 0 unspecified atom stereocenters. The normalized spacial score (nSPS) is 18.7. The number of sulfonamides is 1. The summed E-state index contributed by atoms with van der Waals surface area (Å²) in [5.74, 6) is -0.204. The number of amides is 2. The van der Waals surface area contributed by atoms with Crippen molar-refractivity contribution in [1.29, 1.82) is 0 Å². The Balaban J connectivity index is 2.06. The van der Waals surface area contributed by atoms with Crippen LogP contribution >= 0.6 is 0 Å². The number of nitrogens with one attached hydrogen (secondary N) is 1. The number of hydrogen-bond acceptors (Lipinski definition) is 4. The molecule has 1 aromatic rings. The molecule has 0 bridgehead atoms. The zero-order valence-corrected chi connectivity index (χ0v) is 14.0. The van der Waals surface area contributed by atoms with Gasteiger partial charge in [0.05, 0.1) is 12.4 Å². The van der Waals surface area contributed by atoms with Gasteiger partial charge in [-0.3, -0.25) is 0 Å². The highest BCUT2D eigenvalue weighted by Crippen LogP contribution is 2.20. The highest BCUT2D eigenvalue weighted by Gasteiger charge is 2.29. The van der Waals surface area contributed by atoms with E-state index in [1.165, 1.54) is 0 Å². The van der Waals surface area contributed by atoms with Crippen LogP contribution in [0.3, 0.4) is 0 Å². The number of rotatable bonds is 5. The maximum absolute atomic E-state index is 12.5. The van der Waals surface area contributed by atoms with Crippen LogP contribution < -0.4 is 10.5 Å². The molecule has 0 saturated carbocycles. The highest BCUT2D eigenvalue weighted by atomic mass is 32.2. The number of carbonyl (C=O) groups is 1. The Morgan fingerprint density at radius 2 is 2.22 bits per heavy atom. The second-order valence-electron chi connectivity index (χ2n) is 5.74. The largest absolute Gasteiger partial charge is 0.380 e. The lowest BCUT2D eigenvalue weighted by Gasteiger charge is -2.35. The maximum Gasteiger partial charge on any atom is 0.322 e. The molecule has 0 aromatic heterocycles. The molecule has 1 heterocycles. The van der Waals surface area contributed by atoms with Crippen LogP contribution in [-0.2, 0) is 21.4 Å². The molecule has 0 radical (unpaired) electrons. The number of primary sulfonamides is 1. The number of carbonyl (C=O) groups excluding carboxylic acids is 1. The molecular weight excluding hydrogens is 318 g/mol. The number of benzene rings is 1. The van der Waals surface area contributed by atoms with Crippen molar-refractivity contribution in [3.63, 3.8) is 0 Å². The Labute approximate surface area is 136 Å². The van der Waals surface area contributed by atoms with Gasteiger partial charge in [-0.15, -0.1) is 0 Å². The summed E-state index contributed by atoms with van der Waals surface area (Å²) < 4.78 is 27.8. The molecule has 1 fully saturated rings. The second kappa shape index (κ2) is 7.76. The van der Waals surface area contributed by atoms with Gasteiger partial charge in [0.25, 0.3) is 0 Å². The molecule has 2 amide bonds. The topological polar surface area (TPSA) is 102 Å². The smallest absolute Gasteiger partial charge is 0.322 e. The Kier molecular flexibility index (Phi) is 5.97. The van der Waals surface area contributed by atoms with Crippen molar-refractivity contribution in [1.82, 2.24) is 4.90 Å². The number of urea groups is 1. The number of methoxy groups -OCH3 is 1. The summed E-state index contributed by atoms with van der Waals surface area (Å²) >= 11 is 0. The van der Waals surface area contributed by atoms with E-state index in [9.17, 15) is 13.2 Å². The van der Waals surface area contributed by atoms with Crippen molar-refractivity contribution in [3.8, 4) is 0 Å². The number of piperidine rings is 1. The van der Waals surface area contributed by atoms with Crippen molar-refractivity contribution >= 4 is 21.7 Å². The lowest BCUT2D eigenvalue weighted by molar-refractivity contribution is 0.171.